The van der Waals surface area contributed by atoms with Crippen LogP contribution < -0.4 is 5.32 Å². The molecule has 1 saturated carbocycles. The van der Waals surface area contributed by atoms with E-state index < -0.39 is 0 Å². The first-order valence-electron chi connectivity index (χ1n) is 6.79. The van der Waals surface area contributed by atoms with Crippen molar-refractivity contribution in [1.29, 1.82) is 0 Å². The summed E-state index contributed by atoms with van der Waals surface area (Å²) in [6, 6.07) is 0.686. The lowest BCUT2D eigenvalue weighted by Crippen LogP contribution is -2.47. The minimum Gasteiger partial charge on any atom is -0.380 e. The molecular formula is C13H26N2O. The monoisotopic (exact) mass is 226 g/mol. The minimum atomic E-state index is 0.486. The topological polar surface area (TPSA) is 24.5 Å². The van der Waals surface area contributed by atoms with Gasteiger partial charge in [0.05, 0.1) is 6.10 Å². The Kier molecular flexibility index (Phi) is 4.62. The molecule has 1 N–H and O–H groups in total. The molecule has 0 aromatic carbocycles. The van der Waals surface area contributed by atoms with Crippen LogP contribution >= 0.6 is 0 Å². The molecule has 3 unspecified atom stereocenters. The molecule has 3 heteroatoms. The van der Waals surface area contributed by atoms with Crippen LogP contribution in [-0.2, 0) is 4.74 Å². The lowest BCUT2D eigenvalue weighted by molar-refractivity contribution is 0.0247. The summed E-state index contributed by atoms with van der Waals surface area (Å²) in [5.74, 6) is 0.762. The van der Waals surface area contributed by atoms with E-state index in [2.05, 4.69) is 17.1 Å². The summed E-state index contributed by atoms with van der Waals surface area (Å²) >= 11 is 0. The minimum absolute atomic E-state index is 0.486. The first kappa shape index (κ1) is 12.3. The first-order chi connectivity index (χ1) is 7.81. The summed E-state index contributed by atoms with van der Waals surface area (Å²) in [5.41, 5.74) is 0. The Morgan fingerprint density at radius 1 is 1.25 bits per heavy atom. The fraction of sp³-hybridized carbons (Fsp3) is 1.00. The van der Waals surface area contributed by atoms with Crippen LogP contribution in [0.3, 0.4) is 0 Å². The van der Waals surface area contributed by atoms with E-state index in [0.717, 1.165) is 5.92 Å². The molecule has 1 heterocycles. The van der Waals surface area contributed by atoms with Gasteiger partial charge in [0, 0.05) is 19.7 Å². The van der Waals surface area contributed by atoms with E-state index >= 15 is 0 Å². The molecule has 2 aliphatic rings. The third kappa shape index (κ3) is 2.96. The summed E-state index contributed by atoms with van der Waals surface area (Å²) in [6.45, 7) is 7.16. The second-order valence-corrected chi connectivity index (χ2v) is 5.43. The fourth-order valence-electron chi connectivity index (χ4n) is 3.21. The van der Waals surface area contributed by atoms with E-state index in [1.54, 1.807) is 0 Å². The van der Waals surface area contributed by atoms with Gasteiger partial charge in [-0.2, -0.15) is 0 Å². The largest absolute Gasteiger partial charge is 0.380 e. The van der Waals surface area contributed by atoms with Gasteiger partial charge in [-0.15, -0.1) is 0 Å². The average molecular weight is 226 g/mol. The molecule has 3 nitrogen and oxygen atoms in total. The van der Waals surface area contributed by atoms with Crippen LogP contribution in [0.1, 0.15) is 32.6 Å². The number of hydrogen-bond acceptors (Lipinski definition) is 3. The van der Waals surface area contributed by atoms with Gasteiger partial charge in [0.2, 0.25) is 0 Å². The van der Waals surface area contributed by atoms with Crippen LogP contribution in [0.15, 0.2) is 0 Å². The third-order valence-electron chi connectivity index (χ3n) is 4.03. The zero-order valence-electron chi connectivity index (χ0n) is 10.7. The van der Waals surface area contributed by atoms with Crippen LogP contribution in [0.25, 0.3) is 0 Å². The molecule has 2 rings (SSSR count). The van der Waals surface area contributed by atoms with Gasteiger partial charge >= 0.3 is 0 Å². The third-order valence-corrected chi connectivity index (χ3v) is 4.03. The molecule has 2 fully saturated rings. The van der Waals surface area contributed by atoms with Crippen molar-refractivity contribution in [3.05, 3.63) is 0 Å². The van der Waals surface area contributed by atoms with Gasteiger partial charge in [-0.3, -0.25) is 4.90 Å². The molecule has 0 bridgehead atoms. The van der Waals surface area contributed by atoms with Gasteiger partial charge in [-0.05, 0) is 51.2 Å². The van der Waals surface area contributed by atoms with Crippen molar-refractivity contribution in [2.75, 3.05) is 33.3 Å². The summed E-state index contributed by atoms with van der Waals surface area (Å²) < 4.78 is 5.63. The summed E-state index contributed by atoms with van der Waals surface area (Å²) in [7, 11) is 1.87. The van der Waals surface area contributed by atoms with Crippen molar-refractivity contribution in [3.63, 3.8) is 0 Å². The van der Waals surface area contributed by atoms with Crippen LogP contribution in [0, 0.1) is 5.92 Å². The Labute approximate surface area is 99.5 Å². The van der Waals surface area contributed by atoms with Gasteiger partial charge in [-0.25, -0.2) is 0 Å². The second-order valence-electron chi connectivity index (χ2n) is 5.43. The number of methoxy groups -OCH3 is 1. The highest BCUT2D eigenvalue weighted by atomic mass is 16.5. The molecule has 0 spiro atoms. The predicted molar refractivity (Wildman–Crippen MR) is 66.7 cm³/mol. The lowest BCUT2D eigenvalue weighted by Gasteiger charge is -2.36. The van der Waals surface area contributed by atoms with Crippen molar-refractivity contribution in [2.45, 2.75) is 44.8 Å². The fourth-order valence-corrected chi connectivity index (χ4v) is 3.21. The number of hydrogen-bond donors (Lipinski definition) is 1. The molecule has 1 aliphatic heterocycles. The summed E-state index contributed by atoms with van der Waals surface area (Å²) in [6.07, 6.45) is 5.69. The molecular weight excluding hydrogens is 200 g/mol. The molecule has 0 aromatic rings. The van der Waals surface area contributed by atoms with Crippen LogP contribution in [0.2, 0.25) is 0 Å². The lowest BCUT2D eigenvalue weighted by atomic mass is 10.1. The van der Waals surface area contributed by atoms with Crippen LogP contribution in [0.5, 0.6) is 0 Å². The SMILES string of the molecule is COC1CCCC1N1CCCNCC(C)C1. The quantitative estimate of drug-likeness (QED) is 0.772. The number of rotatable bonds is 2. The van der Waals surface area contributed by atoms with E-state index in [-0.39, 0.29) is 0 Å². The molecule has 0 amide bonds. The molecule has 0 aromatic heterocycles. The number of nitrogens with one attached hydrogen (secondary N) is 1. The Balaban J connectivity index is 1.94. The Bertz CT molecular complexity index is 210. The van der Waals surface area contributed by atoms with Gasteiger partial charge < -0.3 is 10.1 Å². The molecule has 0 radical (unpaired) electrons. The summed E-state index contributed by atoms with van der Waals surface area (Å²) in [5, 5.41) is 3.52. The molecule has 1 aliphatic carbocycles. The average Bonchev–Trinajstić information content (AvgIpc) is 2.71. The molecule has 16 heavy (non-hydrogen) atoms. The van der Waals surface area contributed by atoms with Crippen molar-refractivity contribution < 1.29 is 4.74 Å². The van der Waals surface area contributed by atoms with Gasteiger partial charge in [-0.1, -0.05) is 6.92 Å². The van der Waals surface area contributed by atoms with E-state index in [1.165, 1.54) is 51.9 Å². The Morgan fingerprint density at radius 2 is 2.12 bits per heavy atom. The zero-order valence-corrected chi connectivity index (χ0v) is 10.7. The van der Waals surface area contributed by atoms with Crippen LogP contribution in [-0.4, -0.2) is 50.3 Å². The van der Waals surface area contributed by atoms with Crippen molar-refractivity contribution in [3.8, 4) is 0 Å². The Hall–Kier alpha value is -0.120. The van der Waals surface area contributed by atoms with Crippen LogP contribution in [0.4, 0.5) is 0 Å². The predicted octanol–water partition coefficient (Wildman–Crippen LogP) is 1.49. The number of ether oxygens (including phenoxy) is 1. The van der Waals surface area contributed by atoms with Crippen molar-refractivity contribution >= 4 is 0 Å². The standard InChI is InChI=1S/C13H26N2O/c1-11-9-14-7-4-8-15(10-11)12-5-3-6-13(12)16-2/h11-14H,3-10H2,1-2H3. The maximum absolute atomic E-state index is 5.63. The molecule has 3 atom stereocenters. The summed E-state index contributed by atoms with van der Waals surface area (Å²) in [4.78, 5) is 2.69. The Morgan fingerprint density at radius 3 is 2.94 bits per heavy atom. The van der Waals surface area contributed by atoms with E-state index in [1.807, 2.05) is 7.11 Å². The number of nitrogens with zero attached hydrogens (tertiary/aromatic N) is 1. The maximum atomic E-state index is 5.63. The second kappa shape index (κ2) is 5.99. The van der Waals surface area contributed by atoms with E-state index in [0.29, 0.717) is 12.1 Å². The van der Waals surface area contributed by atoms with E-state index in [9.17, 15) is 0 Å². The van der Waals surface area contributed by atoms with Gasteiger partial charge in [0.25, 0.3) is 0 Å². The van der Waals surface area contributed by atoms with Gasteiger partial charge in [0.1, 0.15) is 0 Å². The maximum Gasteiger partial charge on any atom is 0.0726 e. The normalized spacial score (nSPS) is 38.2. The highest BCUT2D eigenvalue weighted by molar-refractivity contribution is 4.87. The highest BCUT2D eigenvalue weighted by Gasteiger charge is 2.32. The van der Waals surface area contributed by atoms with Crippen molar-refractivity contribution in [1.82, 2.24) is 10.2 Å². The van der Waals surface area contributed by atoms with Crippen molar-refractivity contribution in [2.24, 2.45) is 5.92 Å². The molecule has 1 saturated heterocycles. The van der Waals surface area contributed by atoms with Gasteiger partial charge in [0.15, 0.2) is 0 Å². The smallest absolute Gasteiger partial charge is 0.0726 e. The zero-order chi connectivity index (χ0) is 11.4. The first-order valence-corrected chi connectivity index (χ1v) is 6.79. The molecule has 94 valence electrons. The highest BCUT2D eigenvalue weighted by Crippen LogP contribution is 2.27. The van der Waals surface area contributed by atoms with E-state index in [4.69, 9.17) is 4.74 Å².